The lowest BCUT2D eigenvalue weighted by Crippen LogP contribution is -2.40. The Kier molecular flexibility index (Phi) is 4.07. The number of amides is 1. The number of halogens is 1. The first-order valence-electron chi connectivity index (χ1n) is 4.33. The van der Waals surface area contributed by atoms with E-state index in [9.17, 15) is 4.79 Å². The molecule has 0 saturated heterocycles. The van der Waals surface area contributed by atoms with Crippen LogP contribution in [0.1, 0.15) is 25.3 Å². The molecule has 1 rings (SSSR count). The van der Waals surface area contributed by atoms with E-state index in [1.807, 2.05) is 19.2 Å². The molecule has 0 aliphatic carbocycles. The van der Waals surface area contributed by atoms with E-state index >= 15 is 0 Å². The van der Waals surface area contributed by atoms with Crippen LogP contribution >= 0.6 is 27.3 Å². The first kappa shape index (κ1) is 11.7. The summed E-state index contributed by atoms with van der Waals surface area (Å²) in [7, 11) is 0. The highest BCUT2D eigenvalue weighted by molar-refractivity contribution is 9.09. The van der Waals surface area contributed by atoms with E-state index in [0.717, 1.165) is 5.01 Å². The standard InChI is InChI=1S/C9H13BrN2OS/c1-9(2,8-11-5-6-14-8)12-7(13)3-4-10/h5-6H,3-4H2,1-2H3,(H,12,13). The first-order chi connectivity index (χ1) is 6.56. The van der Waals surface area contributed by atoms with Gasteiger partial charge in [0, 0.05) is 23.3 Å². The van der Waals surface area contributed by atoms with Crippen molar-refractivity contribution in [3.8, 4) is 0 Å². The minimum Gasteiger partial charge on any atom is -0.345 e. The van der Waals surface area contributed by atoms with Gasteiger partial charge in [-0.15, -0.1) is 11.3 Å². The number of alkyl halides is 1. The maximum Gasteiger partial charge on any atom is 0.221 e. The fourth-order valence-corrected chi connectivity index (χ4v) is 2.16. The van der Waals surface area contributed by atoms with Crippen LogP contribution in [-0.2, 0) is 10.3 Å². The fraction of sp³-hybridized carbons (Fsp3) is 0.556. The number of nitrogens with one attached hydrogen (secondary N) is 1. The highest BCUT2D eigenvalue weighted by Gasteiger charge is 2.24. The third kappa shape index (κ3) is 3.06. The molecule has 3 nitrogen and oxygen atoms in total. The van der Waals surface area contributed by atoms with Gasteiger partial charge in [-0.2, -0.15) is 0 Å². The Hall–Kier alpha value is -0.420. The Bertz CT molecular complexity index is 298. The van der Waals surface area contributed by atoms with Gasteiger partial charge in [0.15, 0.2) is 0 Å². The average molecular weight is 277 g/mol. The van der Waals surface area contributed by atoms with Crippen molar-refractivity contribution in [1.82, 2.24) is 10.3 Å². The second kappa shape index (κ2) is 4.89. The zero-order chi connectivity index (χ0) is 10.6. The first-order valence-corrected chi connectivity index (χ1v) is 6.33. The number of carbonyl (C=O) groups excluding carboxylic acids is 1. The number of aromatic nitrogens is 1. The quantitative estimate of drug-likeness (QED) is 0.858. The largest absolute Gasteiger partial charge is 0.345 e. The summed E-state index contributed by atoms with van der Waals surface area (Å²) < 4.78 is 0. The van der Waals surface area contributed by atoms with Crippen LogP contribution in [0.2, 0.25) is 0 Å². The van der Waals surface area contributed by atoms with Gasteiger partial charge in [0.05, 0.1) is 5.54 Å². The van der Waals surface area contributed by atoms with Gasteiger partial charge in [-0.25, -0.2) is 4.98 Å². The average Bonchev–Trinajstić information content (AvgIpc) is 2.54. The minimum absolute atomic E-state index is 0.0436. The Morgan fingerprint density at radius 2 is 2.43 bits per heavy atom. The van der Waals surface area contributed by atoms with Gasteiger partial charge >= 0.3 is 0 Å². The number of carbonyl (C=O) groups is 1. The molecule has 0 spiro atoms. The fourth-order valence-electron chi connectivity index (χ4n) is 1.08. The monoisotopic (exact) mass is 276 g/mol. The normalized spacial score (nSPS) is 11.4. The van der Waals surface area contributed by atoms with E-state index in [0.29, 0.717) is 11.8 Å². The van der Waals surface area contributed by atoms with Crippen molar-refractivity contribution in [3.05, 3.63) is 16.6 Å². The molecule has 0 saturated carbocycles. The molecule has 1 N–H and O–H groups in total. The Morgan fingerprint density at radius 3 is 2.93 bits per heavy atom. The predicted octanol–water partition coefficient (Wildman–Crippen LogP) is 2.28. The van der Waals surface area contributed by atoms with E-state index in [4.69, 9.17) is 0 Å². The summed E-state index contributed by atoms with van der Waals surface area (Å²) >= 11 is 4.78. The summed E-state index contributed by atoms with van der Waals surface area (Å²) in [4.78, 5) is 15.6. The van der Waals surface area contributed by atoms with Crippen molar-refractivity contribution >= 4 is 33.2 Å². The molecule has 0 aliphatic rings. The SMILES string of the molecule is CC(C)(NC(=O)CCBr)c1nccs1. The third-order valence-corrected chi connectivity index (χ3v) is 3.23. The number of thiazole rings is 1. The second-order valence-electron chi connectivity index (χ2n) is 3.45. The van der Waals surface area contributed by atoms with Crippen molar-refractivity contribution in [3.63, 3.8) is 0 Å². The Morgan fingerprint density at radius 1 is 1.71 bits per heavy atom. The van der Waals surface area contributed by atoms with Crippen LogP contribution in [0, 0.1) is 0 Å². The molecule has 0 bridgehead atoms. The zero-order valence-corrected chi connectivity index (χ0v) is 10.6. The Balaban J connectivity index is 2.63. The molecule has 0 unspecified atom stereocenters. The third-order valence-electron chi connectivity index (χ3n) is 1.74. The van der Waals surface area contributed by atoms with Crippen LogP contribution in [0.15, 0.2) is 11.6 Å². The van der Waals surface area contributed by atoms with E-state index < -0.39 is 0 Å². The van der Waals surface area contributed by atoms with Gasteiger partial charge < -0.3 is 5.32 Å². The summed E-state index contributed by atoms with van der Waals surface area (Å²) in [6.07, 6.45) is 2.24. The number of hydrogen-bond donors (Lipinski definition) is 1. The molecule has 0 atom stereocenters. The van der Waals surface area contributed by atoms with Crippen LogP contribution in [0.25, 0.3) is 0 Å². The van der Waals surface area contributed by atoms with Crippen molar-refractivity contribution in [1.29, 1.82) is 0 Å². The summed E-state index contributed by atoms with van der Waals surface area (Å²) in [5, 5.41) is 6.47. The summed E-state index contributed by atoms with van der Waals surface area (Å²) in [5.41, 5.74) is -0.368. The lowest BCUT2D eigenvalue weighted by Gasteiger charge is -2.23. The topological polar surface area (TPSA) is 42.0 Å². The van der Waals surface area contributed by atoms with E-state index in [1.54, 1.807) is 17.5 Å². The molecule has 0 radical (unpaired) electrons. The van der Waals surface area contributed by atoms with Crippen LogP contribution in [0.3, 0.4) is 0 Å². The second-order valence-corrected chi connectivity index (χ2v) is 5.14. The van der Waals surface area contributed by atoms with Gasteiger partial charge in [-0.1, -0.05) is 15.9 Å². The van der Waals surface area contributed by atoms with Crippen molar-refractivity contribution in [2.45, 2.75) is 25.8 Å². The molecule has 5 heteroatoms. The van der Waals surface area contributed by atoms with E-state index in [1.165, 1.54) is 0 Å². The predicted molar refractivity (Wildman–Crippen MR) is 61.7 cm³/mol. The Labute approximate surface area is 96.1 Å². The van der Waals surface area contributed by atoms with Crippen LogP contribution in [0.5, 0.6) is 0 Å². The van der Waals surface area contributed by atoms with Gasteiger partial charge in [-0.05, 0) is 13.8 Å². The van der Waals surface area contributed by atoms with Crippen LogP contribution in [0.4, 0.5) is 0 Å². The summed E-state index contributed by atoms with van der Waals surface area (Å²) in [6, 6.07) is 0. The molecule has 0 fully saturated rings. The number of nitrogens with zero attached hydrogens (tertiary/aromatic N) is 1. The highest BCUT2D eigenvalue weighted by atomic mass is 79.9. The van der Waals surface area contributed by atoms with Gasteiger partial charge in [0.1, 0.15) is 5.01 Å². The smallest absolute Gasteiger partial charge is 0.221 e. The molecule has 14 heavy (non-hydrogen) atoms. The lowest BCUT2D eigenvalue weighted by atomic mass is 10.1. The van der Waals surface area contributed by atoms with Crippen molar-refractivity contribution in [2.24, 2.45) is 0 Å². The molecule has 0 aromatic carbocycles. The molecular formula is C9H13BrN2OS. The van der Waals surface area contributed by atoms with E-state index in [2.05, 4.69) is 26.2 Å². The van der Waals surface area contributed by atoms with Gasteiger partial charge in [0.2, 0.25) is 5.91 Å². The molecule has 1 heterocycles. The van der Waals surface area contributed by atoms with Crippen LogP contribution in [-0.4, -0.2) is 16.2 Å². The molecule has 0 aliphatic heterocycles. The molecule has 78 valence electrons. The van der Waals surface area contributed by atoms with Gasteiger partial charge in [-0.3, -0.25) is 4.79 Å². The zero-order valence-electron chi connectivity index (χ0n) is 8.21. The van der Waals surface area contributed by atoms with Crippen molar-refractivity contribution < 1.29 is 4.79 Å². The van der Waals surface area contributed by atoms with E-state index in [-0.39, 0.29) is 11.4 Å². The summed E-state index contributed by atoms with van der Waals surface area (Å²) in [5.74, 6) is 0.0436. The number of hydrogen-bond acceptors (Lipinski definition) is 3. The van der Waals surface area contributed by atoms with Gasteiger partial charge in [0.25, 0.3) is 0 Å². The maximum absolute atomic E-state index is 11.4. The molecule has 1 amide bonds. The summed E-state index contributed by atoms with van der Waals surface area (Å²) in [6.45, 7) is 3.91. The molecular weight excluding hydrogens is 264 g/mol. The lowest BCUT2D eigenvalue weighted by molar-refractivity contribution is -0.122. The molecule has 1 aromatic heterocycles. The highest BCUT2D eigenvalue weighted by Crippen LogP contribution is 2.21. The minimum atomic E-state index is -0.368. The maximum atomic E-state index is 11.4. The number of rotatable bonds is 4. The van der Waals surface area contributed by atoms with Crippen molar-refractivity contribution in [2.75, 3.05) is 5.33 Å². The molecule has 1 aromatic rings. The van der Waals surface area contributed by atoms with Crippen LogP contribution < -0.4 is 5.32 Å².